The molecule has 0 aliphatic carbocycles. The Morgan fingerprint density at radius 3 is 2.41 bits per heavy atom. The maximum Gasteiger partial charge on any atom is 0.244 e. The lowest BCUT2D eigenvalue weighted by molar-refractivity contribution is 0.445. The predicted molar refractivity (Wildman–Crippen MR) is 105 cm³/mol. The van der Waals surface area contributed by atoms with E-state index in [9.17, 15) is 8.42 Å². The molecule has 0 saturated carbocycles. The fraction of sp³-hybridized carbons (Fsp3) is 0.263. The van der Waals surface area contributed by atoms with Gasteiger partial charge in [0.2, 0.25) is 10.0 Å². The molecule has 1 N–H and O–H groups in total. The van der Waals surface area contributed by atoms with E-state index in [0.717, 1.165) is 11.3 Å². The van der Waals surface area contributed by atoms with Crippen LogP contribution in [0, 0.1) is 0 Å². The number of hydrogen-bond acceptors (Lipinski definition) is 5. The third-order valence-corrected chi connectivity index (χ3v) is 6.24. The Balaban J connectivity index is 1.65. The summed E-state index contributed by atoms with van der Waals surface area (Å²) in [6.45, 7) is 5.05. The average Bonchev–Trinajstić information content (AvgIpc) is 3.17. The van der Waals surface area contributed by atoms with Crippen LogP contribution >= 0.6 is 0 Å². The summed E-state index contributed by atoms with van der Waals surface area (Å²) in [6.07, 6.45) is 5.13. The van der Waals surface area contributed by atoms with E-state index < -0.39 is 10.0 Å². The molecule has 2 heterocycles. The zero-order chi connectivity index (χ0) is 19.3. The molecule has 0 bridgehead atoms. The molecule has 7 nitrogen and oxygen atoms in total. The van der Waals surface area contributed by atoms with Gasteiger partial charge in [-0.05, 0) is 24.3 Å². The van der Waals surface area contributed by atoms with Crippen LogP contribution in [0.1, 0.15) is 19.4 Å². The molecule has 0 fully saturated rings. The second kappa shape index (κ2) is 8.32. The number of sulfonamides is 1. The molecule has 0 amide bonds. The van der Waals surface area contributed by atoms with Crippen molar-refractivity contribution >= 4 is 15.8 Å². The summed E-state index contributed by atoms with van der Waals surface area (Å²) in [5.41, 5.74) is 1.99. The van der Waals surface area contributed by atoms with Crippen LogP contribution in [0.4, 0.5) is 5.82 Å². The summed E-state index contributed by atoms with van der Waals surface area (Å²) >= 11 is 0. The molecule has 3 aromatic rings. The lowest BCUT2D eigenvalue weighted by Crippen LogP contribution is -2.30. The molecule has 0 saturated heterocycles. The van der Waals surface area contributed by atoms with Gasteiger partial charge in [0.25, 0.3) is 0 Å². The molecule has 0 aliphatic heterocycles. The van der Waals surface area contributed by atoms with Gasteiger partial charge in [0, 0.05) is 37.6 Å². The normalized spacial score (nSPS) is 11.7. The second-order valence-corrected chi connectivity index (χ2v) is 7.89. The van der Waals surface area contributed by atoms with E-state index >= 15 is 0 Å². The first-order valence-corrected chi connectivity index (χ1v) is 10.3. The van der Waals surface area contributed by atoms with Gasteiger partial charge >= 0.3 is 0 Å². The second-order valence-electron chi connectivity index (χ2n) is 5.95. The van der Waals surface area contributed by atoms with E-state index in [2.05, 4.69) is 15.4 Å². The van der Waals surface area contributed by atoms with Gasteiger partial charge in [-0.1, -0.05) is 32.0 Å². The smallest absolute Gasteiger partial charge is 0.244 e. The van der Waals surface area contributed by atoms with Crippen molar-refractivity contribution in [1.29, 1.82) is 0 Å². The van der Waals surface area contributed by atoms with Gasteiger partial charge in [-0.25, -0.2) is 18.1 Å². The highest BCUT2D eigenvalue weighted by molar-refractivity contribution is 7.89. The standard InChI is InChI=1S/C19H23N5O2S/c1-3-23(4-2)27(25,26)18-10-11-19(21-14-18)20-12-16-13-22-24(15-16)17-8-6-5-7-9-17/h5-11,13-15H,3-4,12H2,1-2H3,(H,20,21). The maximum atomic E-state index is 12.5. The van der Waals surface area contributed by atoms with Crippen LogP contribution < -0.4 is 5.32 Å². The van der Waals surface area contributed by atoms with Crippen molar-refractivity contribution in [3.05, 3.63) is 66.6 Å². The molecule has 0 atom stereocenters. The number of benzene rings is 1. The van der Waals surface area contributed by atoms with E-state index in [1.54, 1.807) is 18.3 Å². The molecule has 2 aromatic heterocycles. The minimum atomic E-state index is -3.48. The summed E-state index contributed by atoms with van der Waals surface area (Å²) < 4.78 is 28.2. The van der Waals surface area contributed by atoms with E-state index in [-0.39, 0.29) is 4.90 Å². The van der Waals surface area contributed by atoms with E-state index in [0.29, 0.717) is 25.5 Å². The van der Waals surface area contributed by atoms with Gasteiger partial charge in [-0.15, -0.1) is 0 Å². The van der Waals surface area contributed by atoms with Crippen molar-refractivity contribution in [3.8, 4) is 5.69 Å². The molecule has 0 radical (unpaired) electrons. The fourth-order valence-electron chi connectivity index (χ4n) is 2.72. The predicted octanol–water partition coefficient (Wildman–Crippen LogP) is 2.91. The summed E-state index contributed by atoms with van der Waals surface area (Å²) in [7, 11) is -3.48. The maximum absolute atomic E-state index is 12.5. The van der Waals surface area contributed by atoms with Crippen LogP contribution in [-0.4, -0.2) is 40.6 Å². The minimum absolute atomic E-state index is 0.202. The van der Waals surface area contributed by atoms with Crippen LogP contribution in [0.3, 0.4) is 0 Å². The summed E-state index contributed by atoms with van der Waals surface area (Å²) in [6, 6.07) is 13.1. The number of rotatable bonds is 8. The number of aromatic nitrogens is 3. The number of nitrogens with one attached hydrogen (secondary N) is 1. The van der Waals surface area contributed by atoms with E-state index in [1.165, 1.54) is 10.5 Å². The first-order chi connectivity index (χ1) is 13.0. The Morgan fingerprint density at radius 2 is 1.78 bits per heavy atom. The lowest BCUT2D eigenvalue weighted by atomic mass is 10.3. The Kier molecular flexibility index (Phi) is 5.88. The molecule has 1 aromatic carbocycles. The van der Waals surface area contributed by atoms with Gasteiger partial charge in [0.1, 0.15) is 10.7 Å². The van der Waals surface area contributed by atoms with Gasteiger partial charge < -0.3 is 5.32 Å². The summed E-state index contributed by atoms with van der Waals surface area (Å²) in [4.78, 5) is 4.43. The zero-order valence-corrected chi connectivity index (χ0v) is 16.2. The molecule has 8 heteroatoms. The van der Waals surface area contributed by atoms with Crippen molar-refractivity contribution in [1.82, 2.24) is 19.1 Å². The number of anilines is 1. The molecule has 142 valence electrons. The number of hydrogen-bond donors (Lipinski definition) is 1. The van der Waals surface area contributed by atoms with Crippen molar-refractivity contribution in [3.63, 3.8) is 0 Å². The Bertz CT molecular complexity index is 965. The topological polar surface area (TPSA) is 80.1 Å². The highest BCUT2D eigenvalue weighted by Crippen LogP contribution is 2.16. The number of pyridine rings is 1. The first kappa shape index (κ1) is 19.1. The van der Waals surface area contributed by atoms with Gasteiger partial charge in [0.05, 0.1) is 11.9 Å². The monoisotopic (exact) mass is 385 g/mol. The number of nitrogens with zero attached hydrogens (tertiary/aromatic N) is 4. The summed E-state index contributed by atoms with van der Waals surface area (Å²) in [5.74, 6) is 0.612. The molecule has 0 aliphatic rings. The first-order valence-electron chi connectivity index (χ1n) is 8.83. The third-order valence-electron chi connectivity index (χ3n) is 4.21. The minimum Gasteiger partial charge on any atom is -0.366 e. The quantitative estimate of drug-likeness (QED) is 0.645. The van der Waals surface area contributed by atoms with Gasteiger partial charge in [-0.2, -0.15) is 9.40 Å². The molecular formula is C19H23N5O2S. The Morgan fingerprint density at radius 1 is 1.04 bits per heavy atom. The SMILES string of the molecule is CCN(CC)S(=O)(=O)c1ccc(NCc2cnn(-c3ccccc3)c2)nc1. The molecule has 27 heavy (non-hydrogen) atoms. The van der Waals surface area contributed by atoms with Crippen LogP contribution in [-0.2, 0) is 16.6 Å². The van der Waals surface area contributed by atoms with Crippen molar-refractivity contribution < 1.29 is 8.42 Å². The lowest BCUT2D eigenvalue weighted by Gasteiger charge is -2.18. The van der Waals surface area contributed by atoms with Crippen LogP contribution in [0.25, 0.3) is 5.69 Å². The average molecular weight is 385 g/mol. The zero-order valence-electron chi connectivity index (χ0n) is 15.4. The highest BCUT2D eigenvalue weighted by Gasteiger charge is 2.21. The number of para-hydroxylation sites is 1. The Labute approximate surface area is 159 Å². The third kappa shape index (κ3) is 4.35. The molecular weight excluding hydrogens is 362 g/mol. The van der Waals surface area contributed by atoms with Crippen LogP contribution in [0.5, 0.6) is 0 Å². The van der Waals surface area contributed by atoms with Gasteiger partial charge in [0.15, 0.2) is 0 Å². The van der Waals surface area contributed by atoms with Crippen molar-refractivity contribution in [2.45, 2.75) is 25.3 Å². The fourth-order valence-corrected chi connectivity index (χ4v) is 4.12. The highest BCUT2D eigenvalue weighted by atomic mass is 32.2. The summed E-state index contributed by atoms with van der Waals surface area (Å²) in [5, 5.41) is 7.54. The molecule has 0 unspecified atom stereocenters. The van der Waals surface area contributed by atoms with E-state index in [1.807, 2.05) is 55.1 Å². The van der Waals surface area contributed by atoms with Gasteiger partial charge in [-0.3, -0.25) is 0 Å². The molecule has 0 spiro atoms. The largest absolute Gasteiger partial charge is 0.366 e. The Hall–Kier alpha value is -2.71. The van der Waals surface area contributed by atoms with Crippen LogP contribution in [0.15, 0.2) is 66.0 Å². The van der Waals surface area contributed by atoms with Crippen LogP contribution in [0.2, 0.25) is 0 Å². The van der Waals surface area contributed by atoms with Crippen molar-refractivity contribution in [2.75, 3.05) is 18.4 Å². The molecule has 3 rings (SSSR count). The van der Waals surface area contributed by atoms with E-state index in [4.69, 9.17) is 0 Å². The van der Waals surface area contributed by atoms with Crippen molar-refractivity contribution in [2.24, 2.45) is 0 Å².